The molecule has 1 saturated heterocycles. The molecular weight excluding hydrogens is 262 g/mol. The summed E-state index contributed by atoms with van der Waals surface area (Å²) in [6.45, 7) is 2.57. The molecule has 1 aliphatic heterocycles. The highest BCUT2D eigenvalue weighted by Crippen LogP contribution is 2.26. The number of nitrogens with zero attached hydrogens (tertiary/aromatic N) is 1. The van der Waals surface area contributed by atoms with Crippen molar-refractivity contribution in [3.05, 3.63) is 21.9 Å². The highest BCUT2D eigenvalue weighted by Gasteiger charge is 2.34. The second kappa shape index (κ2) is 6.20. The molecule has 19 heavy (non-hydrogen) atoms. The molecule has 0 aromatic carbocycles. The number of rotatable bonds is 2. The Morgan fingerprint density at radius 2 is 2.37 bits per heavy atom. The molecule has 2 rings (SSSR count). The largest absolute Gasteiger partial charge is 0.394 e. The molecule has 0 bridgehead atoms. The van der Waals surface area contributed by atoms with Crippen LogP contribution in [-0.4, -0.2) is 46.8 Å². The summed E-state index contributed by atoms with van der Waals surface area (Å²) >= 11 is 1.39. The van der Waals surface area contributed by atoms with E-state index in [2.05, 4.69) is 18.8 Å². The minimum Gasteiger partial charge on any atom is -0.394 e. The summed E-state index contributed by atoms with van der Waals surface area (Å²) in [5.74, 6) is 5.65. The molecule has 0 aliphatic carbocycles. The van der Waals surface area contributed by atoms with Crippen molar-refractivity contribution in [3.8, 4) is 11.8 Å². The Morgan fingerprint density at radius 3 is 3.05 bits per heavy atom. The summed E-state index contributed by atoms with van der Waals surface area (Å²) in [5, 5.41) is 19.8. The minimum absolute atomic E-state index is 0.00815. The van der Waals surface area contributed by atoms with Gasteiger partial charge in [-0.3, -0.25) is 4.79 Å². The first-order valence-corrected chi connectivity index (χ1v) is 7.15. The van der Waals surface area contributed by atoms with Crippen molar-refractivity contribution in [2.75, 3.05) is 19.8 Å². The molecule has 2 unspecified atom stereocenters. The molecule has 2 heterocycles. The quantitative estimate of drug-likeness (QED) is 0.792. The second-order valence-corrected chi connectivity index (χ2v) is 5.59. The lowest BCUT2D eigenvalue weighted by Crippen LogP contribution is -2.39. The van der Waals surface area contributed by atoms with E-state index in [9.17, 15) is 9.90 Å². The van der Waals surface area contributed by atoms with Crippen molar-refractivity contribution in [2.45, 2.75) is 19.4 Å². The predicted octanol–water partition coefficient (Wildman–Crippen LogP) is 0.935. The number of likely N-dealkylation sites (tertiary alicyclic amines) is 1. The Labute approximate surface area is 116 Å². The van der Waals surface area contributed by atoms with E-state index in [0.717, 1.165) is 11.3 Å². The average molecular weight is 279 g/mol. The molecular formula is C14H17NO3S. The van der Waals surface area contributed by atoms with Crippen molar-refractivity contribution in [1.29, 1.82) is 0 Å². The Kier molecular flexibility index (Phi) is 4.59. The van der Waals surface area contributed by atoms with Gasteiger partial charge in [0.2, 0.25) is 0 Å². The fraction of sp³-hybridized carbons (Fsp3) is 0.500. The van der Waals surface area contributed by atoms with E-state index in [1.165, 1.54) is 11.3 Å². The Hall–Kier alpha value is -1.35. The molecule has 1 amide bonds. The lowest BCUT2D eigenvalue weighted by molar-refractivity contribution is 0.0648. The van der Waals surface area contributed by atoms with Crippen LogP contribution in [0.1, 0.15) is 28.6 Å². The summed E-state index contributed by atoms with van der Waals surface area (Å²) in [7, 11) is 0. The van der Waals surface area contributed by atoms with Crippen LogP contribution in [0.3, 0.4) is 0 Å². The van der Waals surface area contributed by atoms with Crippen LogP contribution in [0.2, 0.25) is 0 Å². The van der Waals surface area contributed by atoms with E-state index < -0.39 is 0 Å². The predicted molar refractivity (Wildman–Crippen MR) is 74.0 cm³/mol. The van der Waals surface area contributed by atoms with E-state index in [-0.39, 0.29) is 25.2 Å². The Bertz CT molecular complexity index is 514. The number of aliphatic hydroxyl groups is 2. The zero-order valence-electron chi connectivity index (χ0n) is 10.8. The third-order valence-electron chi connectivity index (χ3n) is 3.47. The van der Waals surface area contributed by atoms with Crippen LogP contribution in [0, 0.1) is 17.8 Å². The van der Waals surface area contributed by atoms with Gasteiger partial charge in [-0.05, 0) is 18.4 Å². The Balaban J connectivity index is 2.13. The Morgan fingerprint density at radius 1 is 1.58 bits per heavy atom. The van der Waals surface area contributed by atoms with Gasteiger partial charge in [0.25, 0.3) is 5.91 Å². The summed E-state index contributed by atoms with van der Waals surface area (Å²) in [6.07, 6.45) is 0.929. The first-order chi connectivity index (χ1) is 9.17. The van der Waals surface area contributed by atoms with Crippen LogP contribution in [0.5, 0.6) is 0 Å². The van der Waals surface area contributed by atoms with Crippen LogP contribution >= 0.6 is 11.3 Å². The van der Waals surface area contributed by atoms with E-state index in [0.29, 0.717) is 18.0 Å². The molecule has 102 valence electrons. The molecule has 1 aromatic rings. The maximum atomic E-state index is 12.4. The van der Waals surface area contributed by atoms with Gasteiger partial charge in [-0.1, -0.05) is 18.8 Å². The molecule has 5 heteroatoms. The van der Waals surface area contributed by atoms with Gasteiger partial charge in [0.15, 0.2) is 0 Å². The van der Waals surface area contributed by atoms with Gasteiger partial charge in [0.1, 0.15) is 6.61 Å². The number of aliphatic hydroxyl groups excluding tert-OH is 2. The molecule has 2 atom stereocenters. The molecule has 2 N–H and O–H groups in total. The second-order valence-electron chi connectivity index (χ2n) is 4.67. The summed E-state index contributed by atoms with van der Waals surface area (Å²) in [5.41, 5.74) is 0.611. The molecule has 1 aromatic heterocycles. The number of hydrogen-bond donors (Lipinski definition) is 2. The fourth-order valence-electron chi connectivity index (χ4n) is 2.35. The number of hydrogen-bond acceptors (Lipinski definition) is 4. The third kappa shape index (κ3) is 2.98. The van der Waals surface area contributed by atoms with Crippen molar-refractivity contribution in [1.82, 2.24) is 4.90 Å². The topological polar surface area (TPSA) is 60.8 Å². The molecule has 1 aliphatic rings. The zero-order valence-corrected chi connectivity index (χ0v) is 11.6. The van der Waals surface area contributed by atoms with Gasteiger partial charge >= 0.3 is 0 Å². The van der Waals surface area contributed by atoms with Gasteiger partial charge in [-0.25, -0.2) is 0 Å². The average Bonchev–Trinajstić information content (AvgIpc) is 3.02. The third-order valence-corrected chi connectivity index (χ3v) is 4.31. The molecule has 0 saturated carbocycles. The summed E-state index contributed by atoms with van der Waals surface area (Å²) in [4.78, 5) is 14.9. The highest BCUT2D eigenvalue weighted by atomic mass is 32.1. The minimum atomic E-state index is -0.183. The van der Waals surface area contributed by atoms with E-state index in [1.807, 2.05) is 0 Å². The number of amides is 1. The van der Waals surface area contributed by atoms with Crippen molar-refractivity contribution in [3.63, 3.8) is 0 Å². The number of carbonyl (C=O) groups excluding carboxylic acids is 1. The van der Waals surface area contributed by atoms with Gasteiger partial charge in [-0.2, -0.15) is 0 Å². The molecule has 0 spiro atoms. The maximum Gasteiger partial charge on any atom is 0.255 e. The first kappa shape index (κ1) is 14.1. The SMILES string of the molecule is CC1CCN(C(=O)c2csc(C#CCO)c2)C1CO. The summed E-state index contributed by atoms with van der Waals surface area (Å²) < 4.78 is 0. The normalized spacial score (nSPS) is 22.2. The number of thiophene rings is 1. The van der Waals surface area contributed by atoms with Crippen molar-refractivity contribution >= 4 is 17.2 Å². The molecule has 1 fully saturated rings. The van der Waals surface area contributed by atoms with E-state index >= 15 is 0 Å². The van der Waals surface area contributed by atoms with Gasteiger partial charge in [0.05, 0.1) is 23.1 Å². The standard InChI is InChI=1S/C14H17NO3S/c1-10-4-5-15(13(10)8-17)14(18)11-7-12(19-9-11)3-2-6-16/h7,9-10,13,16-17H,4-6,8H2,1H3. The van der Waals surface area contributed by atoms with Crippen LogP contribution in [0.15, 0.2) is 11.4 Å². The van der Waals surface area contributed by atoms with Crippen LogP contribution in [0.25, 0.3) is 0 Å². The van der Waals surface area contributed by atoms with Gasteiger partial charge in [0, 0.05) is 11.9 Å². The summed E-state index contributed by atoms with van der Waals surface area (Å²) in [6, 6.07) is 1.66. The van der Waals surface area contributed by atoms with Gasteiger partial charge < -0.3 is 15.1 Å². The maximum absolute atomic E-state index is 12.4. The smallest absolute Gasteiger partial charge is 0.255 e. The lowest BCUT2D eigenvalue weighted by atomic mass is 10.0. The fourth-order valence-corrected chi connectivity index (χ4v) is 3.09. The number of carbonyl (C=O) groups is 1. The van der Waals surface area contributed by atoms with Crippen molar-refractivity contribution in [2.24, 2.45) is 5.92 Å². The van der Waals surface area contributed by atoms with E-state index in [1.54, 1.807) is 16.3 Å². The van der Waals surface area contributed by atoms with Crippen LogP contribution in [-0.2, 0) is 0 Å². The van der Waals surface area contributed by atoms with Crippen molar-refractivity contribution < 1.29 is 15.0 Å². The molecule has 4 nitrogen and oxygen atoms in total. The lowest BCUT2D eigenvalue weighted by Gasteiger charge is -2.24. The highest BCUT2D eigenvalue weighted by molar-refractivity contribution is 7.10. The monoisotopic (exact) mass is 279 g/mol. The van der Waals surface area contributed by atoms with Crippen LogP contribution < -0.4 is 0 Å². The van der Waals surface area contributed by atoms with Gasteiger partial charge in [-0.15, -0.1) is 11.3 Å². The first-order valence-electron chi connectivity index (χ1n) is 6.27. The van der Waals surface area contributed by atoms with E-state index in [4.69, 9.17) is 5.11 Å². The zero-order chi connectivity index (χ0) is 13.8. The van der Waals surface area contributed by atoms with Crippen LogP contribution in [0.4, 0.5) is 0 Å². The molecule has 0 radical (unpaired) electrons.